The Kier molecular flexibility index (Phi) is 3.98. The Morgan fingerprint density at radius 3 is 2.81 bits per heavy atom. The van der Waals surface area contributed by atoms with E-state index in [1.54, 1.807) is 0 Å². The van der Waals surface area contributed by atoms with Crippen LogP contribution in [0, 0.1) is 5.82 Å². The number of nitrogens with two attached hydrogens (primary N) is 1. The van der Waals surface area contributed by atoms with Crippen LogP contribution in [0.5, 0.6) is 0 Å². The zero-order valence-corrected chi connectivity index (χ0v) is 13.8. The molecule has 1 atom stereocenters. The number of hydrogen-bond acceptors (Lipinski definition) is 4. The van der Waals surface area contributed by atoms with Crippen molar-refractivity contribution < 1.29 is 12.8 Å². The van der Waals surface area contributed by atoms with E-state index >= 15 is 0 Å². The van der Waals surface area contributed by atoms with Crippen LogP contribution in [-0.2, 0) is 10.0 Å². The van der Waals surface area contributed by atoms with Crippen LogP contribution < -0.4 is 5.73 Å². The molecule has 116 valence electrons. The maximum absolute atomic E-state index is 13.4. The lowest BCUT2D eigenvalue weighted by molar-refractivity contribution is 0.158. The Hall–Kier alpha value is -0.700. The lowest BCUT2D eigenvalue weighted by Crippen LogP contribution is -2.51. The van der Waals surface area contributed by atoms with Gasteiger partial charge in [-0.2, -0.15) is 4.31 Å². The summed E-state index contributed by atoms with van der Waals surface area (Å²) in [6, 6.07) is 2.59. The highest BCUT2D eigenvalue weighted by molar-refractivity contribution is 9.10. The Balaban J connectivity index is 1.92. The van der Waals surface area contributed by atoms with Gasteiger partial charge in [-0.1, -0.05) is 0 Å². The van der Waals surface area contributed by atoms with Gasteiger partial charge >= 0.3 is 0 Å². The number of rotatable bonds is 2. The molecule has 2 saturated heterocycles. The summed E-state index contributed by atoms with van der Waals surface area (Å²) in [7, 11) is -3.69. The van der Waals surface area contributed by atoms with Gasteiger partial charge in [0.05, 0.1) is 10.2 Å². The highest BCUT2D eigenvalue weighted by Crippen LogP contribution is 2.31. The summed E-state index contributed by atoms with van der Waals surface area (Å²) in [5, 5.41) is 0. The van der Waals surface area contributed by atoms with E-state index in [1.807, 2.05) is 0 Å². The molecule has 0 saturated carbocycles. The number of hydrogen-bond donors (Lipinski definition) is 1. The maximum Gasteiger partial charge on any atom is 0.245 e. The molecule has 1 unspecified atom stereocenters. The first-order valence-electron chi connectivity index (χ1n) is 6.88. The maximum atomic E-state index is 13.4. The number of anilines is 1. The fourth-order valence-corrected chi connectivity index (χ4v) is 5.17. The highest BCUT2D eigenvalue weighted by atomic mass is 79.9. The van der Waals surface area contributed by atoms with Crippen molar-refractivity contribution in [3.63, 3.8) is 0 Å². The summed E-state index contributed by atoms with van der Waals surface area (Å²) in [5.74, 6) is -0.563. The normalized spacial score (nSPS) is 24.2. The van der Waals surface area contributed by atoms with Gasteiger partial charge < -0.3 is 5.73 Å². The predicted molar refractivity (Wildman–Crippen MR) is 81.9 cm³/mol. The zero-order valence-electron chi connectivity index (χ0n) is 11.4. The largest absolute Gasteiger partial charge is 0.398 e. The number of halogens is 2. The number of sulfonamides is 1. The van der Waals surface area contributed by atoms with Gasteiger partial charge in [0.1, 0.15) is 10.7 Å². The third kappa shape index (κ3) is 2.69. The molecule has 1 aromatic rings. The molecule has 1 aromatic carbocycles. The predicted octanol–water partition coefficient (Wildman–Crippen LogP) is 1.64. The van der Waals surface area contributed by atoms with E-state index < -0.39 is 15.8 Å². The molecule has 2 N–H and O–H groups in total. The lowest BCUT2D eigenvalue weighted by Gasteiger charge is -2.36. The molecule has 0 radical (unpaired) electrons. The van der Waals surface area contributed by atoms with Gasteiger partial charge in [-0.3, -0.25) is 4.90 Å². The molecular formula is C13H17BrFN3O2S. The third-order valence-corrected chi connectivity index (χ3v) is 6.75. The smallest absolute Gasteiger partial charge is 0.245 e. The van der Waals surface area contributed by atoms with Crippen LogP contribution in [0.15, 0.2) is 21.5 Å². The molecular weight excluding hydrogens is 361 g/mol. The number of nitrogens with zero attached hydrogens (tertiary/aromatic N) is 2. The molecule has 0 spiro atoms. The molecule has 0 aromatic heterocycles. The minimum Gasteiger partial charge on any atom is -0.398 e. The van der Waals surface area contributed by atoms with Crippen molar-refractivity contribution in [1.82, 2.24) is 9.21 Å². The summed E-state index contributed by atoms with van der Waals surface area (Å²) in [4.78, 5) is 2.30. The summed E-state index contributed by atoms with van der Waals surface area (Å²) in [6.45, 7) is 2.72. The van der Waals surface area contributed by atoms with Crippen molar-refractivity contribution >= 4 is 31.6 Å². The number of nitrogen functional groups attached to an aromatic ring is 1. The molecule has 0 amide bonds. The molecule has 0 aliphatic carbocycles. The minimum absolute atomic E-state index is 0.0257. The van der Waals surface area contributed by atoms with Crippen molar-refractivity contribution in [3.8, 4) is 0 Å². The second-order valence-corrected chi connectivity index (χ2v) is 8.26. The topological polar surface area (TPSA) is 66.6 Å². The molecule has 21 heavy (non-hydrogen) atoms. The molecule has 5 nitrogen and oxygen atoms in total. The van der Waals surface area contributed by atoms with Crippen molar-refractivity contribution in [3.05, 3.63) is 22.4 Å². The van der Waals surface area contributed by atoms with Crippen LogP contribution in [-0.4, -0.2) is 49.8 Å². The Morgan fingerprint density at radius 2 is 2.05 bits per heavy atom. The number of piperazine rings is 1. The summed E-state index contributed by atoms with van der Waals surface area (Å²) < 4.78 is 40.5. The fourth-order valence-electron chi connectivity index (χ4n) is 3.09. The minimum atomic E-state index is -3.69. The monoisotopic (exact) mass is 377 g/mol. The van der Waals surface area contributed by atoms with Crippen molar-refractivity contribution in [2.45, 2.75) is 23.8 Å². The summed E-state index contributed by atoms with van der Waals surface area (Å²) in [5.41, 5.74) is 5.66. The summed E-state index contributed by atoms with van der Waals surface area (Å²) >= 11 is 3.02. The van der Waals surface area contributed by atoms with E-state index in [1.165, 1.54) is 10.4 Å². The molecule has 8 heteroatoms. The van der Waals surface area contributed by atoms with Crippen molar-refractivity contribution in [1.29, 1.82) is 0 Å². The SMILES string of the molecule is Nc1cc(F)c(Br)cc1S(=O)(=O)N1CCN2CCCC2C1. The van der Waals surface area contributed by atoms with Crippen LogP contribution >= 0.6 is 15.9 Å². The molecule has 2 fully saturated rings. The van der Waals surface area contributed by atoms with Gasteiger partial charge in [-0.05, 0) is 47.4 Å². The van der Waals surface area contributed by atoms with Gasteiger partial charge in [-0.25, -0.2) is 12.8 Å². The molecule has 0 bridgehead atoms. The standard InChI is InChI=1S/C13H17BrFN3O2S/c14-10-6-13(12(16)7-11(10)15)21(19,20)18-5-4-17-3-1-2-9(17)8-18/h6-7,9H,1-5,8,16H2. The first-order valence-corrected chi connectivity index (χ1v) is 9.11. The van der Waals surface area contributed by atoms with Gasteiger partial charge in [0.2, 0.25) is 10.0 Å². The zero-order chi connectivity index (χ0) is 15.2. The second-order valence-electron chi connectivity index (χ2n) is 5.50. The highest BCUT2D eigenvalue weighted by Gasteiger charge is 2.37. The number of benzene rings is 1. The van der Waals surface area contributed by atoms with E-state index in [0.29, 0.717) is 19.1 Å². The lowest BCUT2D eigenvalue weighted by atomic mass is 10.2. The van der Waals surface area contributed by atoms with E-state index in [-0.39, 0.29) is 15.1 Å². The number of fused-ring (bicyclic) bond motifs is 1. The average Bonchev–Trinajstić information content (AvgIpc) is 2.90. The van der Waals surface area contributed by atoms with Crippen LogP contribution in [0.25, 0.3) is 0 Å². The van der Waals surface area contributed by atoms with Gasteiger partial charge in [0, 0.05) is 25.7 Å². The van der Waals surface area contributed by atoms with E-state index in [2.05, 4.69) is 20.8 Å². The molecule has 3 rings (SSSR count). The van der Waals surface area contributed by atoms with Crippen LogP contribution in [0.1, 0.15) is 12.8 Å². The molecule has 2 heterocycles. The van der Waals surface area contributed by atoms with Crippen molar-refractivity contribution in [2.24, 2.45) is 0 Å². The Morgan fingerprint density at radius 1 is 1.29 bits per heavy atom. The molecule has 2 aliphatic heterocycles. The van der Waals surface area contributed by atoms with E-state index in [9.17, 15) is 12.8 Å². The average molecular weight is 378 g/mol. The van der Waals surface area contributed by atoms with E-state index in [0.717, 1.165) is 32.0 Å². The Bertz CT molecular complexity index is 668. The van der Waals surface area contributed by atoms with Gasteiger partial charge in [0.25, 0.3) is 0 Å². The first kappa shape index (κ1) is 15.2. The molecule has 2 aliphatic rings. The van der Waals surface area contributed by atoms with Crippen LogP contribution in [0.4, 0.5) is 10.1 Å². The summed E-state index contributed by atoms with van der Waals surface area (Å²) in [6.07, 6.45) is 2.14. The van der Waals surface area contributed by atoms with Crippen LogP contribution in [0.3, 0.4) is 0 Å². The third-order valence-electron chi connectivity index (χ3n) is 4.22. The first-order chi connectivity index (χ1) is 9.89. The quantitative estimate of drug-likeness (QED) is 0.795. The van der Waals surface area contributed by atoms with Crippen LogP contribution in [0.2, 0.25) is 0 Å². The van der Waals surface area contributed by atoms with E-state index in [4.69, 9.17) is 5.73 Å². The second kappa shape index (κ2) is 5.49. The fraction of sp³-hybridized carbons (Fsp3) is 0.538. The van der Waals surface area contributed by atoms with Gasteiger partial charge in [-0.15, -0.1) is 0 Å². The van der Waals surface area contributed by atoms with Crippen molar-refractivity contribution in [2.75, 3.05) is 31.9 Å². The Labute approximate surface area is 132 Å². The van der Waals surface area contributed by atoms with Gasteiger partial charge in [0.15, 0.2) is 0 Å².